The van der Waals surface area contributed by atoms with Gasteiger partial charge in [0.15, 0.2) is 0 Å². The van der Waals surface area contributed by atoms with E-state index in [4.69, 9.17) is 4.74 Å². The number of ether oxygens (including phenoxy) is 1. The van der Waals surface area contributed by atoms with E-state index in [1.807, 2.05) is 0 Å². The first-order valence-corrected chi connectivity index (χ1v) is 11.4. The maximum atomic E-state index is 12.6. The van der Waals surface area contributed by atoms with Crippen molar-refractivity contribution < 1.29 is 24.0 Å². The largest absolute Gasteiger partial charge is 0.462 e. The first-order valence-electron chi connectivity index (χ1n) is 10.5. The normalized spacial score (nSPS) is 13.5. The molecule has 0 bridgehead atoms. The van der Waals surface area contributed by atoms with Gasteiger partial charge in [0.1, 0.15) is 5.00 Å². The third kappa shape index (κ3) is 5.80. The number of thiophene rings is 1. The van der Waals surface area contributed by atoms with Gasteiger partial charge < -0.3 is 10.1 Å². The lowest BCUT2D eigenvalue weighted by Gasteiger charge is -2.08. The van der Waals surface area contributed by atoms with Crippen LogP contribution in [0.3, 0.4) is 0 Å². The number of nitrogens with zero attached hydrogens (tertiary/aromatic N) is 2. The second kappa shape index (κ2) is 10.8. The highest BCUT2D eigenvalue weighted by Gasteiger charge is 2.28. The molecule has 10 nitrogen and oxygen atoms in total. The van der Waals surface area contributed by atoms with E-state index in [0.717, 1.165) is 42.5 Å². The number of nitro benzene ring substituents is 1. The molecule has 3 rings (SSSR count). The zero-order chi connectivity index (χ0) is 24.0. The molecule has 0 radical (unpaired) electrons. The second-order valence-corrected chi connectivity index (χ2v) is 8.49. The summed E-state index contributed by atoms with van der Waals surface area (Å²) in [5.41, 5.74) is 3.95. The molecule has 0 fully saturated rings. The average Bonchev–Trinajstić information content (AvgIpc) is 2.97. The van der Waals surface area contributed by atoms with Crippen LogP contribution in [-0.2, 0) is 27.2 Å². The number of aryl methyl sites for hydroxylation is 1. The number of esters is 1. The molecule has 2 aromatic rings. The Morgan fingerprint density at radius 2 is 1.94 bits per heavy atom. The van der Waals surface area contributed by atoms with Gasteiger partial charge in [-0.25, -0.2) is 10.2 Å². The van der Waals surface area contributed by atoms with Crippen molar-refractivity contribution in [1.82, 2.24) is 5.43 Å². The quantitative estimate of drug-likeness (QED) is 0.164. The molecule has 174 valence electrons. The van der Waals surface area contributed by atoms with E-state index in [1.54, 1.807) is 19.9 Å². The average molecular weight is 473 g/mol. The van der Waals surface area contributed by atoms with E-state index in [0.29, 0.717) is 16.1 Å². The summed E-state index contributed by atoms with van der Waals surface area (Å²) in [4.78, 5) is 48.8. The van der Waals surface area contributed by atoms with Crippen LogP contribution in [0.5, 0.6) is 0 Å². The molecule has 1 aliphatic rings. The number of nitrogens with one attached hydrogen (secondary N) is 2. The van der Waals surface area contributed by atoms with Crippen LogP contribution in [0.4, 0.5) is 10.7 Å². The molecule has 2 amide bonds. The Morgan fingerprint density at radius 3 is 2.67 bits per heavy atom. The molecule has 0 unspecified atom stereocenters. The fourth-order valence-corrected chi connectivity index (χ4v) is 4.78. The molecule has 1 aliphatic carbocycles. The van der Waals surface area contributed by atoms with Crippen molar-refractivity contribution in [1.29, 1.82) is 0 Å². The zero-order valence-electron chi connectivity index (χ0n) is 18.3. The number of hydrogen-bond donors (Lipinski definition) is 2. The SMILES string of the molecule is CCOC(=O)c1c(NC(=O)C(=O)N/N=C(\C)c2cccc([N+](=O)[O-])c2)sc2c1CCCCC2. The van der Waals surface area contributed by atoms with E-state index in [-0.39, 0.29) is 18.0 Å². The van der Waals surface area contributed by atoms with E-state index < -0.39 is 22.7 Å². The second-order valence-electron chi connectivity index (χ2n) is 7.39. The summed E-state index contributed by atoms with van der Waals surface area (Å²) in [7, 11) is 0. The Labute approximate surface area is 194 Å². The van der Waals surface area contributed by atoms with Gasteiger partial charge in [-0.15, -0.1) is 11.3 Å². The van der Waals surface area contributed by atoms with Crippen molar-refractivity contribution in [2.24, 2.45) is 5.10 Å². The number of carbonyl (C=O) groups is 3. The zero-order valence-corrected chi connectivity index (χ0v) is 19.1. The Bertz CT molecular complexity index is 1120. The monoisotopic (exact) mass is 472 g/mol. The predicted octanol–water partition coefficient (Wildman–Crippen LogP) is 3.58. The molecule has 1 heterocycles. The number of hydrogen-bond acceptors (Lipinski definition) is 8. The highest BCUT2D eigenvalue weighted by molar-refractivity contribution is 7.17. The Hall–Kier alpha value is -3.60. The lowest BCUT2D eigenvalue weighted by Crippen LogP contribution is -2.33. The summed E-state index contributed by atoms with van der Waals surface area (Å²) in [6.45, 7) is 3.45. The Morgan fingerprint density at radius 1 is 1.18 bits per heavy atom. The lowest BCUT2D eigenvalue weighted by atomic mass is 10.1. The van der Waals surface area contributed by atoms with Gasteiger partial charge in [0.25, 0.3) is 5.69 Å². The fourth-order valence-electron chi connectivity index (χ4n) is 3.50. The number of non-ortho nitro benzene ring substituents is 1. The van der Waals surface area contributed by atoms with Crippen LogP contribution in [0.1, 0.15) is 59.5 Å². The molecular formula is C22H24N4O6S. The lowest BCUT2D eigenvalue weighted by molar-refractivity contribution is -0.384. The molecule has 0 saturated heterocycles. The van der Waals surface area contributed by atoms with Gasteiger partial charge >= 0.3 is 17.8 Å². The molecule has 1 aromatic heterocycles. The van der Waals surface area contributed by atoms with Gasteiger partial charge in [-0.05, 0) is 45.1 Å². The molecule has 11 heteroatoms. The molecule has 0 aliphatic heterocycles. The van der Waals surface area contributed by atoms with Gasteiger partial charge in [-0.2, -0.15) is 5.10 Å². The number of hydrazone groups is 1. The van der Waals surface area contributed by atoms with Gasteiger partial charge in [0.2, 0.25) is 0 Å². The van der Waals surface area contributed by atoms with Crippen molar-refractivity contribution in [2.45, 2.75) is 46.0 Å². The number of carbonyl (C=O) groups excluding carboxylic acids is 3. The standard InChI is InChI=1S/C22H24N4O6S/c1-3-32-22(29)18-16-10-5-4-6-11-17(16)33-21(18)23-19(27)20(28)25-24-13(2)14-8-7-9-15(12-14)26(30)31/h7-9,12H,3-6,10-11H2,1-2H3,(H,23,27)(H,25,28)/b24-13+. The molecule has 2 N–H and O–H groups in total. The predicted molar refractivity (Wildman–Crippen MR) is 124 cm³/mol. The van der Waals surface area contributed by atoms with E-state index in [9.17, 15) is 24.5 Å². The van der Waals surface area contributed by atoms with Crippen LogP contribution in [-0.4, -0.2) is 35.0 Å². The maximum absolute atomic E-state index is 12.6. The molecule has 0 spiro atoms. The number of nitro groups is 1. The van der Waals surface area contributed by atoms with Crippen molar-refractivity contribution in [2.75, 3.05) is 11.9 Å². The Balaban J connectivity index is 1.75. The smallest absolute Gasteiger partial charge is 0.341 e. The minimum Gasteiger partial charge on any atom is -0.462 e. The third-order valence-electron chi connectivity index (χ3n) is 5.13. The van der Waals surface area contributed by atoms with E-state index in [2.05, 4.69) is 15.8 Å². The number of benzene rings is 1. The number of fused-ring (bicyclic) bond motifs is 1. The molecule has 33 heavy (non-hydrogen) atoms. The highest BCUT2D eigenvalue weighted by Crippen LogP contribution is 2.38. The van der Waals surface area contributed by atoms with Crippen LogP contribution in [0, 0.1) is 10.1 Å². The first-order chi connectivity index (χ1) is 15.8. The highest BCUT2D eigenvalue weighted by atomic mass is 32.1. The maximum Gasteiger partial charge on any atom is 0.341 e. The summed E-state index contributed by atoms with van der Waals surface area (Å²) in [6, 6.07) is 5.75. The van der Waals surface area contributed by atoms with Crippen LogP contribution in [0.25, 0.3) is 0 Å². The van der Waals surface area contributed by atoms with Crippen molar-refractivity contribution in [3.05, 3.63) is 55.9 Å². The van der Waals surface area contributed by atoms with Crippen LogP contribution >= 0.6 is 11.3 Å². The van der Waals surface area contributed by atoms with Crippen LogP contribution < -0.4 is 10.7 Å². The minimum atomic E-state index is -1.03. The van der Waals surface area contributed by atoms with Crippen molar-refractivity contribution in [3.8, 4) is 0 Å². The van der Waals surface area contributed by atoms with Crippen molar-refractivity contribution in [3.63, 3.8) is 0 Å². The van der Waals surface area contributed by atoms with Gasteiger partial charge in [-0.1, -0.05) is 18.6 Å². The summed E-state index contributed by atoms with van der Waals surface area (Å²) in [5.74, 6) is -2.53. The molecular weight excluding hydrogens is 448 g/mol. The fraction of sp³-hybridized carbons (Fsp3) is 0.364. The third-order valence-corrected chi connectivity index (χ3v) is 6.34. The van der Waals surface area contributed by atoms with Gasteiger partial charge in [0.05, 0.1) is 22.8 Å². The van der Waals surface area contributed by atoms with Crippen LogP contribution in [0.2, 0.25) is 0 Å². The van der Waals surface area contributed by atoms with Crippen molar-refractivity contribution >= 4 is 45.5 Å². The summed E-state index contributed by atoms with van der Waals surface area (Å²) in [6.07, 6.45) is 4.52. The topological polar surface area (TPSA) is 140 Å². The Kier molecular flexibility index (Phi) is 7.88. The number of rotatable bonds is 6. The van der Waals surface area contributed by atoms with Gasteiger partial charge in [0, 0.05) is 22.6 Å². The molecule has 0 saturated carbocycles. The molecule has 0 atom stereocenters. The summed E-state index contributed by atoms with van der Waals surface area (Å²) >= 11 is 1.29. The summed E-state index contributed by atoms with van der Waals surface area (Å²) < 4.78 is 5.18. The number of amides is 2. The number of anilines is 1. The first kappa shape index (κ1) is 24.1. The van der Waals surface area contributed by atoms with Crippen LogP contribution in [0.15, 0.2) is 29.4 Å². The minimum absolute atomic E-state index is 0.116. The van der Waals surface area contributed by atoms with E-state index >= 15 is 0 Å². The van der Waals surface area contributed by atoms with E-state index in [1.165, 1.54) is 29.5 Å². The summed E-state index contributed by atoms with van der Waals surface area (Å²) in [5, 5.41) is 17.6. The van der Waals surface area contributed by atoms with Gasteiger partial charge in [-0.3, -0.25) is 19.7 Å². The molecule has 1 aromatic carbocycles.